The number of halogens is 3. The van der Waals surface area contributed by atoms with E-state index in [1.165, 1.54) is 42.5 Å². The molecule has 0 atom stereocenters. The SMILES string of the molecule is O=C1S/C(=C\c2cc(N=Nc3ccc(Cl)cc3Cl)ccc2O)C(=O)N1Cc1ccc(F)cc1. The summed E-state index contributed by atoms with van der Waals surface area (Å²) in [6.07, 6.45) is 1.42. The Morgan fingerprint density at radius 3 is 2.48 bits per heavy atom. The number of carbonyl (C=O) groups excluding carboxylic acids is 2. The third-order valence-electron chi connectivity index (χ3n) is 4.61. The van der Waals surface area contributed by atoms with Gasteiger partial charge < -0.3 is 5.11 Å². The van der Waals surface area contributed by atoms with Gasteiger partial charge in [-0.1, -0.05) is 35.3 Å². The van der Waals surface area contributed by atoms with E-state index in [2.05, 4.69) is 10.2 Å². The van der Waals surface area contributed by atoms with Crippen LogP contribution in [0.5, 0.6) is 5.75 Å². The Labute approximate surface area is 202 Å². The van der Waals surface area contributed by atoms with Gasteiger partial charge in [-0.2, -0.15) is 5.11 Å². The van der Waals surface area contributed by atoms with Crippen molar-refractivity contribution in [2.24, 2.45) is 10.2 Å². The summed E-state index contributed by atoms with van der Waals surface area (Å²) in [5, 5.41) is 18.8. The second kappa shape index (κ2) is 9.74. The molecule has 6 nitrogen and oxygen atoms in total. The van der Waals surface area contributed by atoms with Crippen molar-refractivity contribution < 1.29 is 19.1 Å². The molecule has 1 aliphatic rings. The predicted molar refractivity (Wildman–Crippen MR) is 127 cm³/mol. The zero-order valence-corrected chi connectivity index (χ0v) is 19.0. The van der Waals surface area contributed by atoms with Crippen molar-refractivity contribution in [3.8, 4) is 5.75 Å². The van der Waals surface area contributed by atoms with E-state index in [1.54, 1.807) is 24.3 Å². The molecule has 166 valence electrons. The number of aromatic hydroxyl groups is 1. The normalized spacial score (nSPS) is 15.2. The largest absolute Gasteiger partial charge is 0.507 e. The van der Waals surface area contributed by atoms with E-state index in [0.717, 1.165) is 16.7 Å². The van der Waals surface area contributed by atoms with Gasteiger partial charge in [0.15, 0.2) is 0 Å². The van der Waals surface area contributed by atoms with Gasteiger partial charge in [0, 0.05) is 10.6 Å². The van der Waals surface area contributed by atoms with Gasteiger partial charge in [0.05, 0.1) is 22.2 Å². The highest BCUT2D eigenvalue weighted by molar-refractivity contribution is 8.18. The maximum Gasteiger partial charge on any atom is 0.293 e. The average Bonchev–Trinajstić information content (AvgIpc) is 3.04. The zero-order valence-electron chi connectivity index (χ0n) is 16.7. The fraction of sp³-hybridized carbons (Fsp3) is 0.0435. The molecular formula is C23H14Cl2FN3O3S. The van der Waals surface area contributed by atoms with Gasteiger partial charge in [-0.05, 0) is 71.9 Å². The average molecular weight is 502 g/mol. The first-order chi connectivity index (χ1) is 15.8. The van der Waals surface area contributed by atoms with Crippen LogP contribution in [-0.2, 0) is 11.3 Å². The van der Waals surface area contributed by atoms with E-state index < -0.39 is 17.0 Å². The van der Waals surface area contributed by atoms with Crippen LogP contribution in [0.25, 0.3) is 6.08 Å². The number of rotatable bonds is 5. The molecule has 1 heterocycles. The molecule has 0 saturated carbocycles. The maximum atomic E-state index is 13.1. The molecule has 0 radical (unpaired) electrons. The summed E-state index contributed by atoms with van der Waals surface area (Å²) < 4.78 is 13.1. The number of thioether (sulfide) groups is 1. The number of carbonyl (C=O) groups is 2. The molecule has 1 saturated heterocycles. The molecule has 3 aromatic carbocycles. The standard InChI is InChI=1S/C23H14Cl2FN3O3S/c24-15-3-7-19(18(25)11-15)28-27-17-6-8-20(30)14(9-17)10-21-22(31)29(23(32)33-21)12-13-1-4-16(26)5-2-13/h1-11,30H,12H2/b21-10-,28-27?. The summed E-state index contributed by atoms with van der Waals surface area (Å²) in [5.41, 5.74) is 1.72. The molecule has 1 fully saturated rings. The number of hydrogen-bond donors (Lipinski definition) is 1. The van der Waals surface area contributed by atoms with Gasteiger partial charge in [-0.25, -0.2) is 4.39 Å². The van der Waals surface area contributed by atoms with Crippen molar-refractivity contribution in [1.29, 1.82) is 0 Å². The Morgan fingerprint density at radius 1 is 1.00 bits per heavy atom. The molecule has 4 rings (SSSR count). The number of phenolic OH excluding ortho intramolecular Hbond substituents is 1. The third kappa shape index (κ3) is 5.42. The van der Waals surface area contributed by atoms with Crippen LogP contribution in [0.4, 0.5) is 20.6 Å². The summed E-state index contributed by atoms with van der Waals surface area (Å²) in [5.74, 6) is -1.00. The van der Waals surface area contributed by atoms with E-state index in [1.807, 2.05) is 0 Å². The molecule has 1 aliphatic heterocycles. The van der Waals surface area contributed by atoms with Gasteiger partial charge in [-0.15, -0.1) is 5.11 Å². The molecule has 0 aromatic heterocycles. The number of imide groups is 1. The van der Waals surface area contributed by atoms with Crippen LogP contribution in [-0.4, -0.2) is 21.2 Å². The Bertz CT molecular complexity index is 1310. The molecule has 1 N–H and O–H groups in total. The van der Waals surface area contributed by atoms with Crippen LogP contribution in [0.1, 0.15) is 11.1 Å². The lowest BCUT2D eigenvalue weighted by Gasteiger charge is -2.12. The van der Waals surface area contributed by atoms with Gasteiger partial charge in [-0.3, -0.25) is 14.5 Å². The highest BCUT2D eigenvalue weighted by Gasteiger charge is 2.35. The molecule has 0 aliphatic carbocycles. The summed E-state index contributed by atoms with van der Waals surface area (Å²) >= 11 is 12.7. The topological polar surface area (TPSA) is 82.3 Å². The lowest BCUT2D eigenvalue weighted by Crippen LogP contribution is -2.27. The number of amides is 2. The second-order valence-corrected chi connectivity index (χ2v) is 8.77. The minimum Gasteiger partial charge on any atom is -0.507 e. The van der Waals surface area contributed by atoms with Crippen molar-refractivity contribution >= 4 is 63.6 Å². The van der Waals surface area contributed by atoms with Crippen molar-refractivity contribution in [2.75, 3.05) is 0 Å². The number of benzene rings is 3. The molecule has 2 amide bonds. The van der Waals surface area contributed by atoms with Gasteiger partial charge >= 0.3 is 0 Å². The monoisotopic (exact) mass is 501 g/mol. The highest BCUT2D eigenvalue weighted by atomic mass is 35.5. The molecule has 10 heteroatoms. The van der Waals surface area contributed by atoms with Crippen molar-refractivity contribution in [1.82, 2.24) is 4.90 Å². The van der Waals surface area contributed by atoms with Crippen LogP contribution >= 0.6 is 35.0 Å². The van der Waals surface area contributed by atoms with Crippen LogP contribution < -0.4 is 0 Å². The van der Waals surface area contributed by atoms with E-state index >= 15 is 0 Å². The van der Waals surface area contributed by atoms with E-state index in [9.17, 15) is 19.1 Å². The van der Waals surface area contributed by atoms with Crippen LogP contribution in [0.2, 0.25) is 10.0 Å². The van der Waals surface area contributed by atoms with Crippen LogP contribution in [0.15, 0.2) is 75.8 Å². The fourth-order valence-corrected chi connectivity index (χ4v) is 4.22. The maximum absolute atomic E-state index is 13.1. The smallest absolute Gasteiger partial charge is 0.293 e. The molecule has 0 spiro atoms. The number of azo groups is 1. The Morgan fingerprint density at radius 2 is 1.76 bits per heavy atom. The second-order valence-electron chi connectivity index (χ2n) is 6.93. The van der Waals surface area contributed by atoms with Crippen LogP contribution in [0, 0.1) is 5.82 Å². The summed E-state index contributed by atoms with van der Waals surface area (Å²) in [7, 11) is 0. The minimum atomic E-state index is -0.506. The van der Waals surface area contributed by atoms with E-state index in [4.69, 9.17) is 23.2 Å². The van der Waals surface area contributed by atoms with E-state index in [-0.39, 0.29) is 17.2 Å². The lowest BCUT2D eigenvalue weighted by atomic mass is 10.1. The van der Waals surface area contributed by atoms with Crippen molar-refractivity contribution in [3.63, 3.8) is 0 Å². The molecule has 0 bridgehead atoms. The summed E-state index contributed by atoms with van der Waals surface area (Å²) in [6, 6.07) is 14.8. The van der Waals surface area contributed by atoms with Gasteiger partial charge in [0.2, 0.25) is 0 Å². The zero-order chi connectivity index (χ0) is 23.5. The third-order valence-corrected chi connectivity index (χ3v) is 6.05. The van der Waals surface area contributed by atoms with Crippen LogP contribution in [0.3, 0.4) is 0 Å². The molecular weight excluding hydrogens is 488 g/mol. The first-order valence-corrected chi connectivity index (χ1v) is 11.1. The Hall–Kier alpha value is -3.20. The number of nitrogens with zero attached hydrogens (tertiary/aromatic N) is 3. The van der Waals surface area contributed by atoms with Gasteiger partial charge in [0.1, 0.15) is 17.3 Å². The fourth-order valence-electron chi connectivity index (χ4n) is 2.94. The summed E-state index contributed by atoms with van der Waals surface area (Å²) in [6.45, 7) is 0.0182. The Balaban J connectivity index is 1.55. The van der Waals surface area contributed by atoms with E-state index in [0.29, 0.717) is 32.5 Å². The predicted octanol–water partition coefficient (Wildman–Crippen LogP) is 7.49. The highest BCUT2D eigenvalue weighted by Crippen LogP contribution is 2.36. The first kappa shape index (κ1) is 23.0. The van der Waals surface area contributed by atoms with Crippen molar-refractivity contribution in [3.05, 3.63) is 92.6 Å². The number of phenols is 1. The minimum absolute atomic E-state index is 0.0182. The first-order valence-electron chi connectivity index (χ1n) is 9.50. The quantitative estimate of drug-likeness (QED) is 0.290. The van der Waals surface area contributed by atoms with Gasteiger partial charge in [0.25, 0.3) is 11.1 Å². The van der Waals surface area contributed by atoms with Crippen molar-refractivity contribution in [2.45, 2.75) is 6.54 Å². The lowest BCUT2D eigenvalue weighted by molar-refractivity contribution is -0.123. The summed E-state index contributed by atoms with van der Waals surface area (Å²) in [4.78, 5) is 26.3. The number of hydrogen-bond acceptors (Lipinski definition) is 6. The molecule has 33 heavy (non-hydrogen) atoms. The Kier molecular flexibility index (Phi) is 6.78. The molecule has 0 unspecified atom stereocenters. The molecule has 3 aromatic rings.